The molecular weight excluding hydrogens is 667 g/mol. The molecule has 0 saturated heterocycles. The highest BCUT2D eigenvalue weighted by Gasteiger charge is 2.35. The highest BCUT2D eigenvalue weighted by Crippen LogP contribution is 2.41. The molecule has 1 atom stereocenters. The number of nitrogens with zero attached hydrogens (tertiary/aromatic N) is 2. The molecule has 12 heteroatoms. The Hall–Kier alpha value is -3.31. The second-order valence-corrected chi connectivity index (χ2v) is 11.8. The highest BCUT2D eigenvalue weighted by molar-refractivity contribution is 9.10. The Kier molecular flexibility index (Phi) is 8.98. The SMILES string of the molecule is CCOC(=O)C1=C(C)N=c2s/c(=C/c3ccc(-c4ccc(Cl)cc4Cl)o3)c(=O)n2[C@@H]1c1cc(OC)c(OCC)cc1Br. The van der Waals surface area contributed by atoms with Crippen molar-refractivity contribution in [3.05, 3.63) is 99.3 Å². The Labute approximate surface area is 263 Å². The molecule has 0 saturated carbocycles. The van der Waals surface area contributed by atoms with E-state index in [1.807, 2.05) is 6.92 Å². The number of fused-ring (bicyclic) bond motifs is 1. The molecular formula is C30H25BrCl2N2O6S. The van der Waals surface area contributed by atoms with Gasteiger partial charge in [0.25, 0.3) is 5.56 Å². The average molecular weight is 692 g/mol. The molecule has 0 radical (unpaired) electrons. The van der Waals surface area contributed by atoms with Gasteiger partial charge in [-0.1, -0.05) is 50.5 Å². The summed E-state index contributed by atoms with van der Waals surface area (Å²) in [7, 11) is 1.53. The molecule has 0 N–H and O–H groups in total. The molecule has 0 unspecified atom stereocenters. The van der Waals surface area contributed by atoms with Crippen molar-refractivity contribution in [2.75, 3.05) is 20.3 Å². The first kappa shape index (κ1) is 30.2. The summed E-state index contributed by atoms with van der Waals surface area (Å²) in [6.45, 7) is 5.92. The fraction of sp³-hybridized carbons (Fsp3) is 0.233. The average Bonchev–Trinajstić information content (AvgIpc) is 3.52. The molecule has 3 heterocycles. The highest BCUT2D eigenvalue weighted by atomic mass is 79.9. The third-order valence-corrected chi connectivity index (χ3v) is 8.71. The van der Waals surface area contributed by atoms with Crippen molar-refractivity contribution in [2.24, 2.45) is 4.99 Å². The number of aromatic nitrogens is 1. The lowest BCUT2D eigenvalue weighted by Crippen LogP contribution is -2.40. The standard InChI is InChI=1S/C30H25BrCl2N2O6S/c1-5-39-24-14-20(31)19(13-23(24)38-4)27-26(29(37)40-6-2)15(3)34-30-35(27)28(36)25(42-30)12-17-8-10-22(41-17)18-9-7-16(32)11-21(18)33/h7-14,27H,5-6H2,1-4H3/b25-12+/t27-/m1/s1. The number of halogens is 3. The minimum atomic E-state index is -0.846. The number of esters is 1. The molecule has 8 nitrogen and oxygen atoms in total. The van der Waals surface area contributed by atoms with Crippen LogP contribution in [0, 0.1) is 0 Å². The van der Waals surface area contributed by atoms with Gasteiger partial charge in [0.15, 0.2) is 16.3 Å². The van der Waals surface area contributed by atoms with E-state index in [2.05, 4.69) is 20.9 Å². The van der Waals surface area contributed by atoms with E-state index in [4.69, 9.17) is 41.8 Å². The maximum atomic E-state index is 14.0. The number of rotatable bonds is 8. The van der Waals surface area contributed by atoms with Crippen LogP contribution >= 0.6 is 50.5 Å². The van der Waals surface area contributed by atoms with Gasteiger partial charge in [-0.25, -0.2) is 9.79 Å². The second kappa shape index (κ2) is 12.5. The molecule has 0 fully saturated rings. The number of hydrogen-bond acceptors (Lipinski definition) is 8. The third-order valence-electron chi connectivity index (χ3n) is 6.49. The van der Waals surface area contributed by atoms with Crippen molar-refractivity contribution in [1.29, 1.82) is 0 Å². The number of carbonyl (C=O) groups excluding carboxylic acids is 1. The van der Waals surface area contributed by atoms with Crippen LogP contribution in [0.5, 0.6) is 11.5 Å². The quantitative estimate of drug-likeness (QED) is 0.195. The zero-order chi connectivity index (χ0) is 30.1. The molecule has 2 aromatic heterocycles. The summed E-state index contributed by atoms with van der Waals surface area (Å²) in [5, 5.41) is 0.960. The van der Waals surface area contributed by atoms with Gasteiger partial charge in [0.1, 0.15) is 11.5 Å². The van der Waals surface area contributed by atoms with Gasteiger partial charge in [-0.2, -0.15) is 0 Å². The topological polar surface area (TPSA) is 92.3 Å². The van der Waals surface area contributed by atoms with Crippen LogP contribution in [0.4, 0.5) is 0 Å². The molecule has 42 heavy (non-hydrogen) atoms. The van der Waals surface area contributed by atoms with Gasteiger partial charge in [0.05, 0.1) is 47.2 Å². The zero-order valence-electron chi connectivity index (χ0n) is 23.0. The molecule has 0 aliphatic carbocycles. The summed E-state index contributed by atoms with van der Waals surface area (Å²) in [5.41, 5.74) is 1.63. The first-order chi connectivity index (χ1) is 20.2. The van der Waals surface area contributed by atoms with E-state index < -0.39 is 12.0 Å². The predicted molar refractivity (Wildman–Crippen MR) is 166 cm³/mol. The smallest absolute Gasteiger partial charge is 0.338 e. The monoisotopic (exact) mass is 690 g/mol. The molecule has 0 bridgehead atoms. The van der Waals surface area contributed by atoms with Gasteiger partial charge in [0, 0.05) is 21.1 Å². The molecule has 0 amide bonds. The minimum absolute atomic E-state index is 0.166. The van der Waals surface area contributed by atoms with E-state index >= 15 is 0 Å². The first-order valence-electron chi connectivity index (χ1n) is 12.9. The Morgan fingerprint density at radius 3 is 2.62 bits per heavy atom. The van der Waals surface area contributed by atoms with Gasteiger partial charge >= 0.3 is 5.97 Å². The van der Waals surface area contributed by atoms with Gasteiger partial charge in [-0.05, 0) is 68.8 Å². The summed E-state index contributed by atoms with van der Waals surface area (Å²) in [4.78, 5) is 32.3. The molecule has 5 rings (SSSR count). The molecule has 4 aromatic rings. The number of furan rings is 1. The fourth-order valence-electron chi connectivity index (χ4n) is 4.67. The van der Waals surface area contributed by atoms with Crippen molar-refractivity contribution >= 4 is 62.5 Å². The van der Waals surface area contributed by atoms with Crippen molar-refractivity contribution in [3.8, 4) is 22.8 Å². The Balaban J connectivity index is 1.68. The molecule has 1 aliphatic heterocycles. The lowest BCUT2D eigenvalue weighted by Gasteiger charge is -2.26. The zero-order valence-corrected chi connectivity index (χ0v) is 26.9. The third kappa shape index (κ3) is 5.68. The largest absolute Gasteiger partial charge is 0.493 e. The maximum absolute atomic E-state index is 14.0. The van der Waals surface area contributed by atoms with E-state index in [0.717, 1.165) is 0 Å². The summed E-state index contributed by atoms with van der Waals surface area (Å²) in [6.07, 6.45) is 1.64. The fourth-order valence-corrected chi connectivity index (χ4v) is 6.74. The summed E-state index contributed by atoms with van der Waals surface area (Å²) in [6, 6.07) is 11.3. The lowest BCUT2D eigenvalue weighted by atomic mass is 9.95. The van der Waals surface area contributed by atoms with Gasteiger partial charge in [-0.3, -0.25) is 9.36 Å². The number of hydrogen-bond donors (Lipinski definition) is 0. The molecule has 2 aromatic carbocycles. The van der Waals surface area contributed by atoms with Crippen molar-refractivity contribution in [1.82, 2.24) is 4.57 Å². The molecule has 218 valence electrons. The summed E-state index contributed by atoms with van der Waals surface area (Å²) >= 11 is 17.2. The van der Waals surface area contributed by atoms with Crippen molar-refractivity contribution in [3.63, 3.8) is 0 Å². The number of methoxy groups -OCH3 is 1. The van der Waals surface area contributed by atoms with Gasteiger partial charge in [0.2, 0.25) is 0 Å². The second-order valence-electron chi connectivity index (χ2n) is 9.09. The predicted octanol–water partition coefficient (Wildman–Crippen LogP) is 6.53. The van der Waals surface area contributed by atoms with Gasteiger partial charge in [-0.15, -0.1) is 0 Å². The van der Waals surface area contributed by atoms with E-state index in [0.29, 0.717) is 70.3 Å². The molecule has 1 aliphatic rings. The van der Waals surface area contributed by atoms with Crippen LogP contribution in [-0.4, -0.2) is 30.9 Å². The van der Waals surface area contributed by atoms with Crippen LogP contribution < -0.4 is 24.4 Å². The Bertz CT molecular complexity index is 1910. The lowest BCUT2D eigenvalue weighted by molar-refractivity contribution is -0.139. The van der Waals surface area contributed by atoms with Crippen molar-refractivity contribution in [2.45, 2.75) is 26.8 Å². The molecule has 0 spiro atoms. The van der Waals surface area contributed by atoms with Crippen molar-refractivity contribution < 1.29 is 23.4 Å². The van der Waals surface area contributed by atoms with Crippen LogP contribution in [0.15, 0.2) is 72.4 Å². The number of allylic oxidation sites excluding steroid dienone is 1. The maximum Gasteiger partial charge on any atom is 0.338 e. The van der Waals surface area contributed by atoms with E-state index in [1.165, 1.54) is 23.0 Å². The Morgan fingerprint density at radius 1 is 1.14 bits per heavy atom. The van der Waals surface area contributed by atoms with Gasteiger partial charge < -0.3 is 18.6 Å². The summed E-state index contributed by atoms with van der Waals surface area (Å²) < 4.78 is 25.2. The first-order valence-corrected chi connectivity index (χ1v) is 15.3. The summed E-state index contributed by atoms with van der Waals surface area (Å²) in [5.74, 6) is 1.39. The number of carbonyl (C=O) groups is 1. The minimum Gasteiger partial charge on any atom is -0.493 e. The number of ether oxygens (including phenoxy) is 3. The van der Waals surface area contributed by atoms with E-state index in [1.54, 1.807) is 62.4 Å². The van der Waals surface area contributed by atoms with Crippen LogP contribution in [0.2, 0.25) is 10.0 Å². The van der Waals surface area contributed by atoms with Crippen LogP contribution in [0.25, 0.3) is 17.4 Å². The normalized spacial score (nSPS) is 14.9. The Morgan fingerprint density at radius 2 is 1.93 bits per heavy atom. The van der Waals surface area contributed by atoms with E-state index in [9.17, 15) is 9.59 Å². The van der Waals surface area contributed by atoms with Crippen LogP contribution in [-0.2, 0) is 9.53 Å². The number of benzene rings is 2. The van der Waals surface area contributed by atoms with E-state index in [-0.39, 0.29) is 17.7 Å². The van der Waals surface area contributed by atoms with Crippen LogP contribution in [0.1, 0.15) is 38.1 Å². The van der Waals surface area contributed by atoms with Crippen LogP contribution in [0.3, 0.4) is 0 Å². The number of thiazole rings is 1.